The van der Waals surface area contributed by atoms with Crippen LogP contribution in [0.3, 0.4) is 0 Å². The average molecular weight is 356 g/mol. The van der Waals surface area contributed by atoms with Gasteiger partial charge in [-0.3, -0.25) is 14.3 Å². The van der Waals surface area contributed by atoms with Gasteiger partial charge in [0.25, 0.3) is 5.91 Å². The lowest BCUT2D eigenvalue weighted by Gasteiger charge is -2.22. The van der Waals surface area contributed by atoms with Crippen LogP contribution in [0, 0.1) is 0 Å². The molecule has 7 nitrogen and oxygen atoms in total. The van der Waals surface area contributed by atoms with Crippen molar-refractivity contribution in [1.82, 2.24) is 20.0 Å². The molecule has 0 aromatic carbocycles. The molecule has 1 saturated heterocycles. The van der Waals surface area contributed by atoms with Crippen LogP contribution in [-0.4, -0.2) is 51.7 Å². The van der Waals surface area contributed by atoms with E-state index in [1.807, 2.05) is 0 Å². The van der Waals surface area contributed by atoms with Gasteiger partial charge in [0, 0.05) is 31.4 Å². The second kappa shape index (κ2) is 8.48. The largest absolute Gasteiger partial charge is 0.352 e. The molecule has 0 spiro atoms. The van der Waals surface area contributed by atoms with Gasteiger partial charge in [0.1, 0.15) is 6.54 Å². The Morgan fingerprint density at radius 2 is 2.00 bits per heavy atom. The normalized spacial score (nSPS) is 21.4. The van der Waals surface area contributed by atoms with Crippen LogP contribution in [0.2, 0.25) is 0 Å². The molecule has 24 heavy (non-hydrogen) atoms. The molecule has 2 aliphatic rings. The molecule has 3 rings (SSSR count). The van der Waals surface area contributed by atoms with Crippen molar-refractivity contribution in [3.63, 3.8) is 0 Å². The first kappa shape index (κ1) is 18.7. The summed E-state index contributed by atoms with van der Waals surface area (Å²) in [6.45, 7) is 1.43. The predicted molar refractivity (Wildman–Crippen MR) is 93.0 cm³/mol. The molecule has 1 aromatic heterocycles. The summed E-state index contributed by atoms with van der Waals surface area (Å²) in [6, 6.07) is 0.356. The summed E-state index contributed by atoms with van der Waals surface area (Å²) in [5.74, 6) is -0.0981. The molecule has 8 heteroatoms. The van der Waals surface area contributed by atoms with Crippen molar-refractivity contribution >= 4 is 24.2 Å². The summed E-state index contributed by atoms with van der Waals surface area (Å²) in [4.78, 5) is 26.1. The first-order valence-electron chi connectivity index (χ1n) is 8.48. The lowest BCUT2D eigenvalue weighted by atomic mass is 9.95. The summed E-state index contributed by atoms with van der Waals surface area (Å²) in [6.07, 6.45) is 9.76. The molecule has 3 N–H and O–H groups in total. The van der Waals surface area contributed by atoms with Gasteiger partial charge in [0.15, 0.2) is 0 Å². The number of carbonyl (C=O) groups excluding carboxylic acids is 2. The quantitative estimate of drug-likeness (QED) is 0.840. The maximum Gasteiger partial charge on any atom is 0.257 e. The van der Waals surface area contributed by atoms with Gasteiger partial charge in [-0.25, -0.2) is 0 Å². The van der Waals surface area contributed by atoms with E-state index in [-0.39, 0.29) is 36.8 Å². The molecular weight excluding hydrogens is 330 g/mol. The summed E-state index contributed by atoms with van der Waals surface area (Å²) in [5.41, 5.74) is 6.35. The van der Waals surface area contributed by atoms with Crippen molar-refractivity contribution in [3.8, 4) is 0 Å². The van der Waals surface area contributed by atoms with E-state index in [1.54, 1.807) is 11.1 Å². The van der Waals surface area contributed by atoms with Gasteiger partial charge in [-0.2, -0.15) is 5.10 Å². The van der Waals surface area contributed by atoms with Crippen molar-refractivity contribution in [2.75, 3.05) is 13.1 Å². The minimum absolute atomic E-state index is 0. The monoisotopic (exact) mass is 355 g/mol. The number of aromatic nitrogens is 2. The second-order valence-corrected chi connectivity index (χ2v) is 6.63. The molecule has 2 fully saturated rings. The van der Waals surface area contributed by atoms with Crippen molar-refractivity contribution in [2.45, 2.75) is 57.2 Å². The maximum atomic E-state index is 12.3. The van der Waals surface area contributed by atoms with Crippen LogP contribution in [-0.2, 0) is 11.3 Å². The lowest BCUT2D eigenvalue weighted by Crippen LogP contribution is -2.38. The standard InChI is InChI=1S/C16H25N5O2.ClH/c17-13-6-7-20(10-13)16(23)12-8-18-21(9-12)11-15(22)19-14-4-2-1-3-5-14;/h8-9,13-14H,1-7,10-11,17H2,(H,19,22);1H/t13-;/m1./s1. The first-order chi connectivity index (χ1) is 11.1. The first-order valence-corrected chi connectivity index (χ1v) is 8.48. The van der Waals surface area contributed by atoms with E-state index in [9.17, 15) is 9.59 Å². The lowest BCUT2D eigenvalue weighted by molar-refractivity contribution is -0.122. The molecular formula is C16H26ClN5O2. The number of nitrogens with two attached hydrogens (primary N) is 1. The summed E-state index contributed by atoms with van der Waals surface area (Å²) < 4.78 is 1.53. The van der Waals surface area contributed by atoms with E-state index in [2.05, 4.69) is 10.4 Å². The highest BCUT2D eigenvalue weighted by molar-refractivity contribution is 5.94. The van der Waals surface area contributed by atoms with Crippen LogP contribution in [0.15, 0.2) is 12.4 Å². The topological polar surface area (TPSA) is 93.2 Å². The van der Waals surface area contributed by atoms with E-state index in [0.29, 0.717) is 24.7 Å². The van der Waals surface area contributed by atoms with Crippen LogP contribution < -0.4 is 11.1 Å². The van der Waals surface area contributed by atoms with Gasteiger partial charge in [0.05, 0.1) is 11.8 Å². The SMILES string of the molecule is Cl.N[C@@H]1CCN(C(=O)c2cnn(CC(=O)NC3CCCCC3)c2)C1. The zero-order valence-corrected chi connectivity index (χ0v) is 14.6. The Balaban J connectivity index is 0.00000208. The third-order valence-electron chi connectivity index (χ3n) is 4.67. The molecule has 1 aliphatic heterocycles. The van der Waals surface area contributed by atoms with Crippen LogP contribution in [0.25, 0.3) is 0 Å². The van der Waals surface area contributed by atoms with Gasteiger partial charge >= 0.3 is 0 Å². The van der Waals surface area contributed by atoms with Crippen LogP contribution >= 0.6 is 12.4 Å². The second-order valence-electron chi connectivity index (χ2n) is 6.63. The molecule has 1 aromatic rings. The minimum Gasteiger partial charge on any atom is -0.352 e. The highest BCUT2D eigenvalue weighted by atomic mass is 35.5. The van der Waals surface area contributed by atoms with Crippen molar-refractivity contribution in [3.05, 3.63) is 18.0 Å². The number of amides is 2. The fourth-order valence-electron chi connectivity index (χ4n) is 3.38. The molecule has 2 heterocycles. The number of hydrogen-bond acceptors (Lipinski definition) is 4. The predicted octanol–water partition coefficient (Wildman–Crippen LogP) is 0.927. The Hall–Kier alpha value is -1.60. The zero-order chi connectivity index (χ0) is 16.2. The van der Waals surface area contributed by atoms with Gasteiger partial charge < -0.3 is 16.0 Å². The highest BCUT2D eigenvalue weighted by Crippen LogP contribution is 2.17. The Kier molecular flexibility index (Phi) is 6.62. The van der Waals surface area contributed by atoms with Gasteiger partial charge in [-0.1, -0.05) is 19.3 Å². The van der Waals surface area contributed by atoms with Crippen molar-refractivity contribution in [1.29, 1.82) is 0 Å². The molecule has 1 aliphatic carbocycles. The van der Waals surface area contributed by atoms with E-state index in [1.165, 1.54) is 30.1 Å². The number of halogens is 1. The minimum atomic E-state index is -0.0584. The maximum absolute atomic E-state index is 12.3. The van der Waals surface area contributed by atoms with Gasteiger partial charge in [-0.05, 0) is 19.3 Å². The van der Waals surface area contributed by atoms with Crippen LogP contribution in [0.4, 0.5) is 0 Å². The Labute approximate surface area is 148 Å². The van der Waals surface area contributed by atoms with Crippen LogP contribution in [0.1, 0.15) is 48.9 Å². The fourth-order valence-corrected chi connectivity index (χ4v) is 3.38. The average Bonchev–Trinajstić information content (AvgIpc) is 3.17. The molecule has 1 atom stereocenters. The molecule has 0 radical (unpaired) electrons. The number of hydrogen-bond donors (Lipinski definition) is 2. The summed E-state index contributed by atoms with van der Waals surface area (Å²) >= 11 is 0. The molecule has 1 saturated carbocycles. The van der Waals surface area contributed by atoms with Gasteiger partial charge in [0.2, 0.25) is 5.91 Å². The Morgan fingerprint density at radius 3 is 2.67 bits per heavy atom. The smallest absolute Gasteiger partial charge is 0.257 e. The molecule has 0 unspecified atom stereocenters. The number of nitrogens with one attached hydrogen (secondary N) is 1. The molecule has 134 valence electrons. The van der Waals surface area contributed by atoms with E-state index >= 15 is 0 Å². The van der Waals surface area contributed by atoms with E-state index in [4.69, 9.17) is 5.73 Å². The summed E-state index contributed by atoms with van der Waals surface area (Å²) in [7, 11) is 0. The van der Waals surface area contributed by atoms with E-state index < -0.39 is 0 Å². The molecule has 0 bridgehead atoms. The number of nitrogens with zero attached hydrogens (tertiary/aromatic N) is 3. The third kappa shape index (κ3) is 4.70. The number of rotatable bonds is 4. The Morgan fingerprint density at radius 1 is 1.25 bits per heavy atom. The van der Waals surface area contributed by atoms with Crippen molar-refractivity contribution in [2.24, 2.45) is 5.73 Å². The number of likely N-dealkylation sites (tertiary alicyclic amines) is 1. The van der Waals surface area contributed by atoms with Crippen molar-refractivity contribution < 1.29 is 9.59 Å². The van der Waals surface area contributed by atoms with E-state index in [0.717, 1.165) is 19.3 Å². The van der Waals surface area contributed by atoms with Crippen LogP contribution in [0.5, 0.6) is 0 Å². The fraction of sp³-hybridized carbons (Fsp3) is 0.688. The zero-order valence-electron chi connectivity index (χ0n) is 13.8. The third-order valence-corrected chi connectivity index (χ3v) is 4.67. The molecule has 2 amide bonds. The van der Waals surface area contributed by atoms with Gasteiger partial charge in [-0.15, -0.1) is 12.4 Å². The number of carbonyl (C=O) groups is 2. The summed E-state index contributed by atoms with van der Waals surface area (Å²) in [5, 5.41) is 7.19. The Bertz CT molecular complexity index is 571. The highest BCUT2D eigenvalue weighted by Gasteiger charge is 2.25.